The van der Waals surface area contributed by atoms with Crippen LogP contribution >= 0.6 is 0 Å². The molecule has 0 bridgehead atoms. The van der Waals surface area contributed by atoms with Crippen LogP contribution in [0.4, 0.5) is 0 Å². The minimum Gasteiger partial charge on any atom is -0.462 e. The molecule has 0 spiro atoms. The Balaban J connectivity index is 4.21. The minimum atomic E-state index is -0.540. The molecule has 0 radical (unpaired) electrons. The predicted molar refractivity (Wildman–Crippen MR) is 270 cm³/mol. The number of carbonyl (C=O) groups is 2. The molecule has 5 nitrogen and oxygen atoms in total. The average Bonchev–Trinajstić information content (AvgIpc) is 3.27. The minimum absolute atomic E-state index is 0.0800. The maximum Gasteiger partial charge on any atom is 0.306 e. The first-order valence-electron chi connectivity index (χ1n) is 27.2. The lowest BCUT2D eigenvalue weighted by Gasteiger charge is -2.18. The van der Waals surface area contributed by atoms with Gasteiger partial charge < -0.3 is 14.2 Å². The van der Waals surface area contributed by atoms with Gasteiger partial charge in [-0.2, -0.15) is 0 Å². The zero-order valence-corrected chi connectivity index (χ0v) is 41.6. The standard InChI is InChI=1S/C57H104O5/c1-4-7-10-13-16-19-22-24-26-27-28-29-30-32-34-37-40-43-46-49-52-60-53-55(62-57(59)51-48-45-42-39-35-21-18-15-12-9-6-3)54-61-56(58)50-47-44-41-38-36-33-31-25-23-20-17-14-11-8-5-2/h16-17,19-20,24-26,31,55H,4-15,18,21-23,27-30,32-54H2,1-3H3/b19-16-,20-17-,26-24-,31-25-. The lowest BCUT2D eigenvalue weighted by Crippen LogP contribution is -2.30. The normalized spacial score (nSPS) is 12.5. The van der Waals surface area contributed by atoms with Crippen LogP contribution in [0.1, 0.15) is 278 Å². The fourth-order valence-electron chi connectivity index (χ4n) is 7.75. The van der Waals surface area contributed by atoms with E-state index in [1.54, 1.807) is 0 Å². The Hall–Kier alpha value is -2.14. The van der Waals surface area contributed by atoms with E-state index in [-0.39, 0.29) is 25.2 Å². The number of hydrogen-bond donors (Lipinski definition) is 0. The molecule has 0 rings (SSSR count). The highest BCUT2D eigenvalue weighted by Crippen LogP contribution is 2.15. The van der Waals surface area contributed by atoms with Crippen molar-refractivity contribution in [3.8, 4) is 0 Å². The number of hydrogen-bond acceptors (Lipinski definition) is 5. The van der Waals surface area contributed by atoms with Crippen molar-refractivity contribution in [1.82, 2.24) is 0 Å². The number of carbonyl (C=O) groups excluding carboxylic acids is 2. The van der Waals surface area contributed by atoms with Crippen LogP contribution in [0, 0.1) is 0 Å². The van der Waals surface area contributed by atoms with Gasteiger partial charge in [-0.15, -0.1) is 0 Å². The summed E-state index contributed by atoms with van der Waals surface area (Å²) in [6.45, 7) is 7.79. The lowest BCUT2D eigenvalue weighted by atomic mass is 10.1. The molecule has 0 aliphatic heterocycles. The van der Waals surface area contributed by atoms with Gasteiger partial charge in [-0.1, -0.05) is 230 Å². The van der Waals surface area contributed by atoms with Gasteiger partial charge in [0.15, 0.2) is 6.10 Å². The van der Waals surface area contributed by atoms with Crippen LogP contribution in [-0.4, -0.2) is 37.9 Å². The first-order chi connectivity index (χ1) is 30.6. The van der Waals surface area contributed by atoms with E-state index in [1.165, 1.54) is 180 Å². The van der Waals surface area contributed by atoms with Crippen LogP contribution in [0.5, 0.6) is 0 Å². The summed E-state index contributed by atoms with van der Waals surface area (Å²) in [5.74, 6) is -0.404. The van der Waals surface area contributed by atoms with Gasteiger partial charge in [0.25, 0.3) is 0 Å². The molecule has 0 aliphatic rings. The Bertz CT molecular complexity index is 1030. The Morgan fingerprint density at radius 3 is 1.10 bits per heavy atom. The van der Waals surface area contributed by atoms with Crippen LogP contribution in [0.3, 0.4) is 0 Å². The quantitative estimate of drug-likeness (QED) is 0.0346. The first kappa shape index (κ1) is 59.9. The number of ether oxygens (including phenoxy) is 3. The van der Waals surface area contributed by atoms with Gasteiger partial charge in [0.2, 0.25) is 0 Å². The zero-order chi connectivity index (χ0) is 44.9. The second kappa shape index (κ2) is 53.2. The second-order valence-electron chi connectivity index (χ2n) is 18.1. The Labute approximate surface area is 386 Å². The van der Waals surface area contributed by atoms with Crippen molar-refractivity contribution in [3.05, 3.63) is 48.6 Å². The third-order valence-electron chi connectivity index (χ3n) is 11.8. The molecule has 5 heteroatoms. The zero-order valence-electron chi connectivity index (χ0n) is 41.6. The average molecular weight is 869 g/mol. The van der Waals surface area contributed by atoms with Crippen molar-refractivity contribution in [3.63, 3.8) is 0 Å². The summed E-state index contributed by atoms with van der Waals surface area (Å²) in [6, 6.07) is 0. The van der Waals surface area contributed by atoms with E-state index < -0.39 is 6.10 Å². The Morgan fingerprint density at radius 1 is 0.355 bits per heavy atom. The topological polar surface area (TPSA) is 61.8 Å². The van der Waals surface area contributed by atoms with Gasteiger partial charge in [0, 0.05) is 19.4 Å². The van der Waals surface area contributed by atoms with Crippen LogP contribution in [0.15, 0.2) is 48.6 Å². The molecule has 62 heavy (non-hydrogen) atoms. The third-order valence-corrected chi connectivity index (χ3v) is 11.8. The van der Waals surface area contributed by atoms with Crippen molar-refractivity contribution in [2.24, 2.45) is 0 Å². The van der Waals surface area contributed by atoms with Gasteiger partial charge in [-0.3, -0.25) is 9.59 Å². The van der Waals surface area contributed by atoms with Crippen LogP contribution in [0.2, 0.25) is 0 Å². The van der Waals surface area contributed by atoms with Crippen molar-refractivity contribution in [2.75, 3.05) is 19.8 Å². The van der Waals surface area contributed by atoms with E-state index in [4.69, 9.17) is 14.2 Å². The van der Waals surface area contributed by atoms with Gasteiger partial charge >= 0.3 is 11.9 Å². The van der Waals surface area contributed by atoms with Gasteiger partial charge in [-0.25, -0.2) is 0 Å². The summed E-state index contributed by atoms with van der Waals surface area (Å²) in [5.41, 5.74) is 0. The third kappa shape index (κ3) is 50.5. The molecule has 0 aromatic carbocycles. The molecule has 0 aromatic heterocycles. The fraction of sp³-hybridized carbons (Fsp3) is 0.825. The predicted octanol–water partition coefficient (Wildman–Crippen LogP) is 18.3. The molecule has 0 aliphatic carbocycles. The van der Waals surface area contributed by atoms with Crippen LogP contribution in [0.25, 0.3) is 0 Å². The summed E-state index contributed by atoms with van der Waals surface area (Å²) in [7, 11) is 0. The number of allylic oxidation sites excluding steroid dienone is 8. The fourth-order valence-corrected chi connectivity index (χ4v) is 7.75. The molecule has 0 heterocycles. The second-order valence-corrected chi connectivity index (χ2v) is 18.1. The molecule has 0 N–H and O–H groups in total. The highest BCUT2D eigenvalue weighted by atomic mass is 16.6. The Morgan fingerprint density at radius 2 is 0.677 bits per heavy atom. The molecule has 0 saturated heterocycles. The smallest absolute Gasteiger partial charge is 0.306 e. The summed E-state index contributed by atoms with van der Waals surface area (Å²) in [4.78, 5) is 25.4. The monoisotopic (exact) mass is 869 g/mol. The molecular weight excluding hydrogens is 765 g/mol. The molecule has 0 saturated carbocycles. The van der Waals surface area contributed by atoms with Crippen molar-refractivity contribution >= 4 is 11.9 Å². The number of rotatable bonds is 50. The maximum atomic E-state index is 12.8. The van der Waals surface area contributed by atoms with E-state index in [9.17, 15) is 9.59 Å². The number of unbranched alkanes of at least 4 members (excludes halogenated alkanes) is 31. The molecule has 362 valence electrons. The maximum absolute atomic E-state index is 12.8. The van der Waals surface area contributed by atoms with Gasteiger partial charge in [0.05, 0.1) is 6.61 Å². The lowest BCUT2D eigenvalue weighted by molar-refractivity contribution is -0.163. The molecule has 0 aromatic rings. The molecule has 1 unspecified atom stereocenters. The van der Waals surface area contributed by atoms with Crippen LogP contribution < -0.4 is 0 Å². The summed E-state index contributed by atoms with van der Waals surface area (Å²) < 4.78 is 17.4. The largest absolute Gasteiger partial charge is 0.462 e. The van der Waals surface area contributed by atoms with Crippen molar-refractivity contribution < 1.29 is 23.8 Å². The molecular formula is C57H104O5. The van der Waals surface area contributed by atoms with Crippen molar-refractivity contribution in [2.45, 2.75) is 284 Å². The van der Waals surface area contributed by atoms with Gasteiger partial charge in [0.1, 0.15) is 6.61 Å². The summed E-state index contributed by atoms with van der Waals surface area (Å²) in [6.07, 6.45) is 65.5. The first-order valence-corrected chi connectivity index (χ1v) is 27.2. The van der Waals surface area contributed by atoms with Crippen LogP contribution in [-0.2, 0) is 23.8 Å². The van der Waals surface area contributed by atoms with E-state index in [0.29, 0.717) is 19.4 Å². The summed E-state index contributed by atoms with van der Waals surface area (Å²) >= 11 is 0. The highest BCUT2D eigenvalue weighted by Gasteiger charge is 2.17. The van der Waals surface area contributed by atoms with E-state index in [2.05, 4.69) is 69.4 Å². The van der Waals surface area contributed by atoms with Crippen molar-refractivity contribution in [1.29, 1.82) is 0 Å². The number of esters is 2. The SMILES string of the molecule is CCCCC/C=C\C/C=C\CCCCCCCCCCCCOCC(COC(=O)CCCCCCC/C=C\C/C=C\CCCCC)OC(=O)CCCCCCCCCCCCC. The van der Waals surface area contributed by atoms with Gasteiger partial charge in [-0.05, 0) is 83.5 Å². The Kier molecular flexibility index (Phi) is 51.4. The highest BCUT2D eigenvalue weighted by molar-refractivity contribution is 5.70. The van der Waals surface area contributed by atoms with E-state index in [0.717, 1.165) is 64.2 Å². The van der Waals surface area contributed by atoms with E-state index >= 15 is 0 Å². The summed E-state index contributed by atoms with van der Waals surface area (Å²) in [5, 5.41) is 0. The molecule has 0 fully saturated rings. The van der Waals surface area contributed by atoms with E-state index in [1.807, 2.05) is 0 Å². The molecule has 0 amide bonds. The molecule has 1 atom stereocenters.